The summed E-state index contributed by atoms with van der Waals surface area (Å²) in [5, 5.41) is 0.308. The summed E-state index contributed by atoms with van der Waals surface area (Å²) in [6, 6.07) is 12.8. The molecule has 0 bridgehead atoms. The van der Waals surface area contributed by atoms with E-state index in [0.29, 0.717) is 10.7 Å². The van der Waals surface area contributed by atoms with E-state index in [1.807, 2.05) is 44.2 Å². The average molecular weight is 290 g/mol. The van der Waals surface area contributed by atoms with Gasteiger partial charge in [-0.1, -0.05) is 55.8 Å². The van der Waals surface area contributed by atoms with Gasteiger partial charge in [-0.05, 0) is 23.6 Å². The molecule has 0 saturated heterocycles. The molecule has 104 valence electrons. The Kier molecular flexibility index (Phi) is 4.74. The molecule has 4 heteroatoms. The standard InChI is InChI=1S/C16H16ClNO2/c1-11(2)14-8-13(9-15(17)18-14)16(19)20-10-12-6-4-3-5-7-12/h3-9,11H,10H2,1-2H3. The first kappa shape index (κ1) is 14.5. The van der Waals surface area contributed by atoms with Crippen LogP contribution < -0.4 is 0 Å². The maximum absolute atomic E-state index is 12.0. The van der Waals surface area contributed by atoms with Crippen molar-refractivity contribution in [1.82, 2.24) is 4.98 Å². The number of pyridine rings is 1. The van der Waals surface area contributed by atoms with Gasteiger partial charge in [0.2, 0.25) is 0 Å². The van der Waals surface area contributed by atoms with Gasteiger partial charge in [0.15, 0.2) is 0 Å². The summed E-state index contributed by atoms with van der Waals surface area (Å²) < 4.78 is 5.28. The highest BCUT2D eigenvalue weighted by Gasteiger charge is 2.12. The molecule has 2 rings (SSSR count). The van der Waals surface area contributed by atoms with Crippen LogP contribution in [0.2, 0.25) is 5.15 Å². The normalized spacial score (nSPS) is 10.6. The number of benzene rings is 1. The summed E-state index contributed by atoms with van der Waals surface area (Å²) >= 11 is 5.94. The summed E-state index contributed by atoms with van der Waals surface area (Å²) in [6.45, 7) is 4.24. The highest BCUT2D eigenvalue weighted by atomic mass is 35.5. The lowest BCUT2D eigenvalue weighted by Gasteiger charge is -2.09. The molecule has 0 radical (unpaired) electrons. The third-order valence-electron chi connectivity index (χ3n) is 2.85. The second kappa shape index (κ2) is 6.53. The van der Waals surface area contributed by atoms with Crippen LogP contribution >= 0.6 is 11.6 Å². The van der Waals surface area contributed by atoms with Gasteiger partial charge in [0, 0.05) is 5.69 Å². The molecule has 20 heavy (non-hydrogen) atoms. The van der Waals surface area contributed by atoms with Crippen molar-refractivity contribution in [3.05, 3.63) is 64.4 Å². The van der Waals surface area contributed by atoms with E-state index in [-0.39, 0.29) is 18.5 Å². The SMILES string of the molecule is CC(C)c1cc(C(=O)OCc2ccccc2)cc(Cl)n1. The number of aromatic nitrogens is 1. The second-order valence-electron chi connectivity index (χ2n) is 4.82. The molecule has 0 N–H and O–H groups in total. The van der Waals surface area contributed by atoms with Gasteiger partial charge in [-0.2, -0.15) is 0 Å². The predicted molar refractivity (Wildman–Crippen MR) is 78.9 cm³/mol. The summed E-state index contributed by atoms with van der Waals surface area (Å²) in [5.41, 5.74) is 2.17. The Morgan fingerprint density at radius 3 is 2.60 bits per heavy atom. The third-order valence-corrected chi connectivity index (χ3v) is 3.05. The van der Waals surface area contributed by atoms with Crippen molar-refractivity contribution in [1.29, 1.82) is 0 Å². The molecule has 0 aliphatic carbocycles. The molecule has 0 aliphatic heterocycles. The number of hydrogen-bond donors (Lipinski definition) is 0. The molecule has 1 aromatic heterocycles. The second-order valence-corrected chi connectivity index (χ2v) is 5.21. The van der Waals surface area contributed by atoms with Gasteiger partial charge in [-0.15, -0.1) is 0 Å². The zero-order chi connectivity index (χ0) is 14.5. The van der Waals surface area contributed by atoms with Gasteiger partial charge in [-0.3, -0.25) is 0 Å². The average Bonchev–Trinajstić information content (AvgIpc) is 2.45. The Bertz CT molecular complexity index is 597. The largest absolute Gasteiger partial charge is 0.457 e. The van der Waals surface area contributed by atoms with E-state index < -0.39 is 0 Å². The first-order valence-electron chi connectivity index (χ1n) is 6.45. The predicted octanol–water partition coefficient (Wildman–Crippen LogP) is 4.22. The van der Waals surface area contributed by atoms with Crippen molar-refractivity contribution in [2.45, 2.75) is 26.4 Å². The Balaban J connectivity index is 2.09. The van der Waals surface area contributed by atoms with E-state index >= 15 is 0 Å². The summed E-state index contributed by atoms with van der Waals surface area (Å²) in [4.78, 5) is 16.2. The van der Waals surface area contributed by atoms with E-state index in [2.05, 4.69) is 4.98 Å². The van der Waals surface area contributed by atoms with Gasteiger partial charge in [0.05, 0.1) is 5.56 Å². The minimum absolute atomic E-state index is 0.203. The Hall–Kier alpha value is -1.87. The monoisotopic (exact) mass is 289 g/mol. The fourth-order valence-corrected chi connectivity index (χ4v) is 1.95. The molecule has 2 aromatic rings. The lowest BCUT2D eigenvalue weighted by atomic mass is 10.1. The smallest absolute Gasteiger partial charge is 0.338 e. The minimum atomic E-state index is -0.389. The molecule has 1 heterocycles. The lowest BCUT2D eigenvalue weighted by Crippen LogP contribution is -2.07. The number of ether oxygens (including phenoxy) is 1. The quantitative estimate of drug-likeness (QED) is 0.625. The van der Waals surface area contributed by atoms with Crippen molar-refractivity contribution in [2.75, 3.05) is 0 Å². The molecule has 1 aromatic carbocycles. The minimum Gasteiger partial charge on any atom is -0.457 e. The Morgan fingerprint density at radius 2 is 1.95 bits per heavy atom. The van der Waals surface area contributed by atoms with Crippen LogP contribution in [0.3, 0.4) is 0 Å². The van der Waals surface area contributed by atoms with Gasteiger partial charge in [-0.25, -0.2) is 9.78 Å². The summed E-state index contributed by atoms with van der Waals surface area (Å²) in [5.74, 6) is -0.186. The molecule has 0 aliphatic rings. The molecule has 3 nitrogen and oxygen atoms in total. The Morgan fingerprint density at radius 1 is 1.25 bits per heavy atom. The van der Waals surface area contributed by atoms with Gasteiger partial charge in [0.1, 0.15) is 11.8 Å². The van der Waals surface area contributed by atoms with Crippen molar-refractivity contribution >= 4 is 17.6 Å². The number of nitrogens with zero attached hydrogens (tertiary/aromatic N) is 1. The summed E-state index contributed by atoms with van der Waals surface area (Å²) in [7, 11) is 0. The number of hydrogen-bond acceptors (Lipinski definition) is 3. The Labute approximate surface area is 123 Å². The molecule has 0 amide bonds. The van der Waals surface area contributed by atoms with Crippen molar-refractivity contribution in [3.63, 3.8) is 0 Å². The molecule has 0 saturated carbocycles. The molecule has 0 spiro atoms. The molecule has 0 unspecified atom stereocenters. The topological polar surface area (TPSA) is 39.2 Å². The molecular weight excluding hydrogens is 274 g/mol. The van der Waals surface area contributed by atoms with Crippen molar-refractivity contribution in [2.24, 2.45) is 0 Å². The molecule has 0 fully saturated rings. The van der Waals surface area contributed by atoms with Crippen LogP contribution in [0.4, 0.5) is 0 Å². The highest BCUT2D eigenvalue weighted by molar-refractivity contribution is 6.29. The number of carbonyl (C=O) groups is 1. The van der Waals surface area contributed by atoms with Crippen molar-refractivity contribution < 1.29 is 9.53 Å². The number of rotatable bonds is 4. The van der Waals surface area contributed by atoms with Crippen LogP contribution in [0.5, 0.6) is 0 Å². The van der Waals surface area contributed by atoms with Crippen LogP contribution in [0.25, 0.3) is 0 Å². The van der Waals surface area contributed by atoms with Crippen LogP contribution in [-0.4, -0.2) is 11.0 Å². The van der Waals surface area contributed by atoms with Crippen molar-refractivity contribution in [3.8, 4) is 0 Å². The van der Waals surface area contributed by atoms with Gasteiger partial charge in [0.25, 0.3) is 0 Å². The van der Waals surface area contributed by atoms with Crippen LogP contribution in [0.1, 0.15) is 41.4 Å². The third kappa shape index (κ3) is 3.81. The van der Waals surface area contributed by atoms with E-state index in [0.717, 1.165) is 11.3 Å². The highest BCUT2D eigenvalue weighted by Crippen LogP contribution is 2.18. The van der Waals surface area contributed by atoms with E-state index in [9.17, 15) is 4.79 Å². The fourth-order valence-electron chi connectivity index (χ4n) is 1.74. The van der Waals surface area contributed by atoms with Gasteiger partial charge < -0.3 is 4.74 Å². The first-order chi connectivity index (χ1) is 9.56. The maximum atomic E-state index is 12.0. The lowest BCUT2D eigenvalue weighted by molar-refractivity contribution is 0.0472. The van der Waals surface area contributed by atoms with Crippen LogP contribution in [0.15, 0.2) is 42.5 Å². The van der Waals surface area contributed by atoms with Crippen LogP contribution in [-0.2, 0) is 11.3 Å². The summed E-state index contributed by atoms with van der Waals surface area (Å²) in [6.07, 6.45) is 0. The van der Waals surface area contributed by atoms with E-state index in [4.69, 9.17) is 16.3 Å². The van der Waals surface area contributed by atoms with Gasteiger partial charge >= 0.3 is 5.97 Å². The number of halogens is 1. The molecule has 0 atom stereocenters. The van der Waals surface area contributed by atoms with E-state index in [1.165, 1.54) is 6.07 Å². The molecular formula is C16H16ClNO2. The zero-order valence-corrected chi connectivity index (χ0v) is 12.2. The zero-order valence-electron chi connectivity index (χ0n) is 11.5. The van der Waals surface area contributed by atoms with Crippen LogP contribution in [0, 0.1) is 0 Å². The van der Waals surface area contributed by atoms with E-state index in [1.54, 1.807) is 6.07 Å². The maximum Gasteiger partial charge on any atom is 0.338 e. The first-order valence-corrected chi connectivity index (χ1v) is 6.82. The fraction of sp³-hybridized carbons (Fsp3) is 0.250. The number of esters is 1. The number of carbonyl (C=O) groups excluding carboxylic acids is 1.